The highest BCUT2D eigenvalue weighted by Gasteiger charge is 2.21. The molecule has 1 heterocycles. The monoisotopic (exact) mass is 434 g/mol. The molecule has 1 fully saturated rings. The van der Waals surface area contributed by atoms with Crippen LogP contribution in [0.3, 0.4) is 0 Å². The molecule has 168 valence electrons. The van der Waals surface area contributed by atoms with Gasteiger partial charge in [0.15, 0.2) is 0 Å². The molecule has 29 heavy (non-hydrogen) atoms. The highest BCUT2D eigenvalue weighted by atomic mass is 32.1. The van der Waals surface area contributed by atoms with Crippen LogP contribution >= 0.6 is 12.6 Å². The third kappa shape index (κ3) is 14.3. The van der Waals surface area contributed by atoms with Gasteiger partial charge in [0.25, 0.3) is 0 Å². The van der Waals surface area contributed by atoms with Crippen LogP contribution in [0, 0.1) is 0 Å². The van der Waals surface area contributed by atoms with Gasteiger partial charge >= 0.3 is 6.09 Å². The van der Waals surface area contributed by atoms with Gasteiger partial charge in [0.1, 0.15) is 12.4 Å². The van der Waals surface area contributed by atoms with Crippen LogP contribution in [-0.2, 0) is 28.5 Å². The number of ketones is 1. The van der Waals surface area contributed by atoms with Crippen LogP contribution in [0.2, 0.25) is 0 Å². The lowest BCUT2D eigenvalue weighted by Crippen LogP contribution is -2.39. The first-order valence-electron chi connectivity index (χ1n) is 10.1. The predicted octanol–water partition coefficient (Wildman–Crippen LogP) is 1.05. The summed E-state index contributed by atoms with van der Waals surface area (Å²) in [7, 11) is 0. The fourth-order valence-electron chi connectivity index (χ4n) is 2.51. The van der Waals surface area contributed by atoms with Gasteiger partial charge < -0.3 is 34.0 Å². The van der Waals surface area contributed by atoms with Gasteiger partial charge in [0, 0.05) is 37.7 Å². The molecule has 0 radical (unpaired) electrons. The maximum Gasteiger partial charge on any atom is 0.409 e. The van der Waals surface area contributed by atoms with E-state index >= 15 is 0 Å². The Balaban J connectivity index is 1.79. The standard InChI is InChI=1S/C19H34N2O7S/c1-16(22)2-3-18(23)20-6-9-25-10-11-26-12-13-27-14-15-28-19(24)21-7-4-17(29)5-8-21/h17,29H,2-15H2,1H3,(H,20,23). The number of rotatable bonds is 15. The molecule has 1 aliphatic rings. The number of carbonyl (C=O) groups is 3. The van der Waals surface area contributed by atoms with Gasteiger partial charge in [-0.2, -0.15) is 12.6 Å². The first-order valence-corrected chi connectivity index (χ1v) is 10.6. The fourth-order valence-corrected chi connectivity index (χ4v) is 2.74. The van der Waals surface area contributed by atoms with Crippen LogP contribution in [-0.4, -0.2) is 93.8 Å². The Kier molecular flexibility index (Phi) is 14.6. The van der Waals surface area contributed by atoms with E-state index in [1.807, 2.05) is 0 Å². The second-order valence-electron chi connectivity index (χ2n) is 6.72. The molecule has 0 spiro atoms. The molecule has 1 rings (SSSR count). The molecule has 1 aliphatic heterocycles. The zero-order valence-electron chi connectivity index (χ0n) is 17.2. The molecule has 0 unspecified atom stereocenters. The zero-order valence-corrected chi connectivity index (χ0v) is 18.1. The second kappa shape index (κ2) is 16.4. The van der Waals surface area contributed by atoms with Crippen molar-refractivity contribution in [1.82, 2.24) is 10.2 Å². The SMILES string of the molecule is CC(=O)CCC(=O)NCCOCCOCCOCCOC(=O)N1CCC(S)CC1. The third-order valence-corrected chi connectivity index (χ3v) is 4.71. The number of piperidine rings is 1. The normalized spacial score (nSPS) is 14.6. The molecule has 0 saturated carbocycles. The summed E-state index contributed by atoms with van der Waals surface area (Å²) in [6.07, 6.45) is 1.97. The van der Waals surface area contributed by atoms with Crippen molar-refractivity contribution in [3.8, 4) is 0 Å². The quantitative estimate of drug-likeness (QED) is 0.293. The van der Waals surface area contributed by atoms with Gasteiger partial charge in [-0.05, 0) is 19.8 Å². The molecule has 10 heteroatoms. The number of Topliss-reactive ketones (excluding diaryl/α,β-unsaturated/α-hetero) is 1. The number of ether oxygens (including phenoxy) is 4. The Hall–Kier alpha value is -1.36. The van der Waals surface area contributed by atoms with Gasteiger partial charge in [0.05, 0.1) is 39.6 Å². The van der Waals surface area contributed by atoms with E-state index in [0.29, 0.717) is 64.5 Å². The van der Waals surface area contributed by atoms with Crippen LogP contribution in [0.25, 0.3) is 0 Å². The van der Waals surface area contributed by atoms with Crippen molar-refractivity contribution in [2.75, 3.05) is 65.9 Å². The summed E-state index contributed by atoms with van der Waals surface area (Å²) >= 11 is 4.40. The number of likely N-dealkylation sites (tertiary alicyclic amines) is 1. The fraction of sp³-hybridized carbons (Fsp3) is 0.842. The second-order valence-corrected chi connectivity index (χ2v) is 7.45. The van der Waals surface area contributed by atoms with Crippen molar-refractivity contribution in [2.45, 2.75) is 37.9 Å². The van der Waals surface area contributed by atoms with Crippen LogP contribution in [0.4, 0.5) is 4.79 Å². The molecule has 9 nitrogen and oxygen atoms in total. The minimum absolute atomic E-state index is 0.00295. The maximum atomic E-state index is 11.8. The van der Waals surface area contributed by atoms with E-state index in [-0.39, 0.29) is 37.2 Å². The predicted molar refractivity (Wildman–Crippen MR) is 110 cm³/mol. The molecule has 0 atom stereocenters. The highest BCUT2D eigenvalue weighted by molar-refractivity contribution is 7.80. The first kappa shape index (κ1) is 25.7. The average molecular weight is 435 g/mol. The maximum absolute atomic E-state index is 11.8. The Morgan fingerprint density at radius 1 is 0.897 bits per heavy atom. The van der Waals surface area contributed by atoms with E-state index in [4.69, 9.17) is 18.9 Å². The lowest BCUT2D eigenvalue weighted by Gasteiger charge is -2.28. The zero-order chi connectivity index (χ0) is 21.3. The van der Waals surface area contributed by atoms with Gasteiger partial charge in [0.2, 0.25) is 5.91 Å². The van der Waals surface area contributed by atoms with E-state index < -0.39 is 0 Å². The number of thiol groups is 1. The Labute approximate surface area is 178 Å². The van der Waals surface area contributed by atoms with E-state index in [1.165, 1.54) is 6.92 Å². The van der Waals surface area contributed by atoms with Gasteiger partial charge in [-0.25, -0.2) is 4.79 Å². The Morgan fingerprint density at radius 3 is 2.03 bits per heavy atom. The van der Waals surface area contributed by atoms with E-state index in [2.05, 4.69) is 17.9 Å². The number of amides is 2. The van der Waals surface area contributed by atoms with Crippen molar-refractivity contribution in [1.29, 1.82) is 0 Å². The summed E-state index contributed by atoms with van der Waals surface area (Å²) in [6, 6.07) is 0. The van der Waals surface area contributed by atoms with Gasteiger partial charge in [-0.3, -0.25) is 4.79 Å². The summed E-state index contributed by atoms with van der Waals surface area (Å²) in [5, 5.41) is 3.05. The molecule has 1 N–H and O–H groups in total. The minimum Gasteiger partial charge on any atom is -0.447 e. The van der Waals surface area contributed by atoms with Crippen LogP contribution in [0.1, 0.15) is 32.6 Å². The van der Waals surface area contributed by atoms with Crippen LogP contribution < -0.4 is 5.32 Å². The molecule has 0 aromatic heterocycles. The lowest BCUT2D eigenvalue weighted by atomic mass is 10.1. The van der Waals surface area contributed by atoms with Crippen molar-refractivity contribution >= 4 is 30.4 Å². The number of hydrogen-bond donors (Lipinski definition) is 2. The summed E-state index contributed by atoms with van der Waals surface area (Å²) in [6.45, 7) is 5.88. The van der Waals surface area contributed by atoms with Crippen LogP contribution in [0.5, 0.6) is 0 Å². The smallest absolute Gasteiger partial charge is 0.409 e. The molecular formula is C19H34N2O7S. The molecule has 0 aromatic carbocycles. The van der Waals surface area contributed by atoms with Crippen molar-refractivity contribution in [2.24, 2.45) is 0 Å². The number of carbonyl (C=O) groups excluding carboxylic acids is 3. The first-order chi connectivity index (χ1) is 14.0. The van der Waals surface area contributed by atoms with E-state index in [9.17, 15) is 14.4 Å². The largest absolute Gasteiger partial charge is 0.447 e. The van der Waals surface area contributed by atoms with Crippen molar-refractivity contribution in [3.05, 3.63) is 0 Å². The summed E-state index contributed by atoms with van der Waals surface area (Å²) in [5.74, 6) is -0.145. The Morgan fingerprint density at radius 2 is 1.45 bits per heavy atom. The van der Waals surface area contributed by atoms with E-state index in [1.54, 1.807) is 4.90 Å². The average Bonchev–Trinajstić information content (AvgIpc) is 2.70. The summed E-state index contributed by atoms with van der Waals surface area (Å²) in [5.41, 5.74) is 0. The highest BCUT2D eigenvalue weighted by Crippen LogP contribution is 2.15. The molecule has 0 bridgehead atoms. The number of nitrogens with one attached hydrogen (secondary N) is 1. The number of nitrogens with zero attached hydrogens (tertiary/aromatic N) is 1. The Bertz CT molecular complexity index is 485. The topological polar surface area (TPSA) is 103 Å². The molecule has 1 saturated heterocycles. The molecule has 2 amide bonds. The van der Waals surface area contributed by atoms with Gasteiger partial charge in [-0.15, -0.1) is 0 Å². The molecule has 0 aromatic rings. The summed E-state index contributed by atoms with van der Waals surface area (Å²) in [4.78, 5) is 35.7. The van der Waals surface area contributed by atoms with Crippen molar-refractivity contribution < 1.29 is 33.3 Å². The van der Waals surface area contributed by atoms with Crippen LogP contribution in [0.15, 0.2) is 0 Å². The molecule has 0 aliphatic carbocycles. The summed E-state index contributed by atoms with van der Waals surface area (Å²) < 4.78 is 21.2. The number of hydrogen-bond acceptors (Lipinski definition) is 8. The molecular weight excluding hydrogens is 400 g/mol. The van der Waals surface area contributed by atoms with Gasteiger partial charge in [-0.1, -0.05) is 0 Å². The van der Waals surface area contributed by atoms with E-state index in [0.717, 1.165) is 12.8 Å². The van der Waals surface area contributed by atoms with Crippen molar-refractivity contribution in [3.63, 3.8) is 0 Å². The third-order valence-electron chi connectivity index (χ3n) is 4.19. The minimum atomic E-state index is -0.294. The lowest BCUT2D eigenvalue weighted by molar-refractivity contribution is -0.124.